The van der Waals surface area contributed by atoms with E-state index in [9.17, 15) is 0 Å². The Kier molecular flexibility index (Phi) is 10.9. The van der Waals surface area contributed by atoms with Crippen molar-refractivity contribution >= 4 is 27.1 Å². The molecule has 0 rings (SSSR count). The van der Waals surface area contributed by atoms with Gasteiger partial charge in [-0.1, -0.05) is 0 Å². The summed E-state index contributed by atoms with van der Waals surface area (Å²) >= 11 is -0.970. The Morgan fingerprint density at radius 1 is 1.86 bits per heavy atom. The van der Waals surface area contributed by atoms with Crippen LogP contribution in [-0.4, -0.2) is 5.84 Å². The van der Waals surface area contributed by atoms with E-state index in [0.717, 1.165) is 0 Å². The van der Waals surface area contributed by atoms with Gasteiger partial charge in [0.2, 0.25) is 0 Å². The van der Waals surface area contributed by atoms with Crippen molar-refractivity contribution < 1.29 is 29.9 Å². The van der Waals surface area contributed by atoms with E-state index in [1.807, 2.05) is 0 Å². The number of nitrogens with two attached hydrogens (primary N) is 1. The molecule has 0 aliphatic rings. The van der Waals surface area contributed by atoms with Crippen molar-refractivity contribution in [1.82, 2.24) is 0 Å². The van der Waals surface area contributed by atoms with E-state index < -0.39 is 21.3 Å². The maximum atomic E-state index is 8.08. The van der Waals surface area contributed by atoms with E-state index in [1.165, 1.54) is 0 Å². The zero-order valence-electron chi connectivity index (χ0n) is 3.80. The third-order valence-corrected chi connectivity index (χ3v) is 1.15. The van der Waals surface area contributed by atoms with Crippen LogP contribution < -0.4 is 5.73 Å². The summed E-state index contributed by atoms with van der Waals surface area (Å²) in [4.78, 5) is 0. The second kappa shape index (κ2) is 7.01. The Morgan fingerprint density at radius 3 is 2.29 bits per heavy atom. The molecular weight excluding hydrogens is 430 g/mol. The van der Waals surface area contributed by atoms with Gasteiger partial charge in [-0.25, -0.2) is 3.21 Å². The van der Waals surface area contributed by atoms with E-state index in [4.69, 9.17) is 9.30 Å². The summed E-state index contributed by atoms with van der Waals surface area (Å²) < 4.78 is 11.6. The average molecular weight is 435 g/mol. The Bertz CT molecular complexity index is 77.0. The minimum absolute atomic E-state index is 0. The van der Waals surface area contributed by atoms with Gasteiger partial charge >= 0.3 is 0 Å². The van der Waals surface area contributed by atoms with Gasteiger partial charge in [-0.3, -0.25) is 0 Å². The van der Waals surface area contributed by atoms with Crippen molar-refractivity contribution in [2.45, 2.75) is 6.92 Å². The predicted octanol–water partition coefficient (Wildman–Crippen LogP) is 1.00. The standard InChI is InChI=1S/C2H5IN3.Np/c1-2(4)6-3-5;/h1H3,(H2-,4,5,6);/q-1;. The van der Waals surface area contributed by atoms with Crippen LogP contribution in [0.5, 0.6) is 0 Å². The molecule has 0 aromatic rings. The number of amidine groups is 1. The van der Waals surface area contributed by atoms with Gasteiger partial charge < -0.3 is 9.30 Å². The van der Waals surface area contributed by atoms with Crippen LogP contribution in [0.3, 0.4) is 0 Å². The molecule has 0 spiro atoms. The van der Waals surface area contributed by atoms with E-state index >= 15 is 0 Å². The zero-order chi connectivity index (χ0) is 4.99. The molecule has 7 heavy (non-hydrogen) atoms. The molecule has 5 heteroatoms. The van der Waals surface area contributed by atoms with E-state index in [0.29, 0.717) is 5.84 Å². The fraction of sp³-hybridized carbons (Fsp3) is 0.500. The van der Waals surface area contributed by atoms with Gasteiger partial charge in [0, 0.05) is 29.9 Å². The molecule has 0 aliphatic carbocycles. The normalized spacial score (nSPS) is 10.1. The summed E-state index contributed by atoms with van der Waals surface area (Å²) in [6.07, 6.45) is 0. The first-order valence-corrected chi connectivity index (χ1v) is 3.28. The molecular formula is C2H5IN3Np-. The van der Waals surface area contributed by atoms with Crippen LogP contribution in [0.4, 0.5) is 0 Å². The Labute approximate surface area is 75.7 Å². The summed E-state index contributed by atoms with van der Waals surface area (Å²) in [6.45, 7) is 1.65. The van der Waals surface area contributed by atoms with Gasteiger partial charge in [0.1, 0.15) is 0 Å². The summed E-state index contributed by atoms with van der Waals surface area (Å²) in [6, 6.07) is 0. The number of halogens is 1. The smallest absolute Gasteiger partial charge is 0.0999 e. The van der Waals surface area contributed by atoms with Gasteiger partial charge in [0.25, 0.3) is 0 Å². The van der Waals surface area contributed by atoms with Gasteiger partial charge in [0.05, 0.1) is 5.84 Å². The fourth-order valence-corrected chi connectivity index (χ4v) is 0.400. The van der Waals surface area contributed by atoms with Gasteiger partial charge in [-0.05, 0) is 6.92 Å². The first-order chi connectivity index (χ1) is 2.77. The van der Waals surface area contributed by atoms with E-state index in [1.54, 1.807) is 6.92 Å². The fourth-order valence-electron chi connectivity index (χ4n) is 0.0596. The molecule has 0 saturated heterocycles. The molecule has 0 heterocycles. The Balaban J connectivity index is 0. The Morgan fingerprint density at radius 2 is 2.29 bits per heavy atom. The van der Waals surface area contributed by atoms with Crippen LogP contribution in [0.2, 0.25) is 0 Å². The number of hydrogen-bond donors (Lipinski definition) is 1. The second-order valence-corrected chi connectivity index (χ2v) is 1.72. The number of rotatable bonds is 1. The second-order valence-electron chi connectivity index (χ2n) is 0.801. The maximum Gasteiger partial charge on any atom is 0.0999 e. The third kappa shape index (κ3) is 10.9. The largest absolute Gasteiger partial charge is 0.755 e. The molecule has 0 aromatic carbocycles. The molecule has 0 aromatic heterocycles. The van der Waals surface area contributed by atoms with Crippen LogP contribution in [0.25, 0.3) is 3.56 Å². The van der Waals surface area contributed by atoms with Crippen LogP contribution >= 0.6 is 21.3 Å². The zero-order valence-corrected chi connectivity index (χ0v) is 9.68. The van der Waals surface area contributed by atoms with Gasteiger partial charge in [-0.2, -0.15) is 0 Å². The topological polar surface area (TPSA) is 60.7 Å². The first kappa shape index (κ1) is 10.9. The average Bonchev–Trinajstić information content (AvgIpc) is 1.35. The number of hydrogen-bond acceptors (Lipinski definition) is 0. The first-order valence-electron chi connectivity index (χ1n) is 1.35. The molecule has 0 amide bonds. The van der Waals surface area contributed by atoms with Gasteiger partial charge in [0.15, 0.2) is 0 Å². The molecule has 0 unspecified atom stereocenters. The summed E-state index contributed by atoms with van der Waals surface area (Å²) in [5.74, 6) is 0.463. The van der Waals surface area contributed by atoms with Crippen molar-refractivity contribution in [2.75, 3.05) is 0 Å². The minimum atomic E-state index is -0.970. The summed E-state index contributed by atoms with van der Waals surface area (Å²) in [5.41, 5.74) is 5.02. The number of nitrogens with zero attached hydrogens (tertiary/aromatic N) is 2. The van der Waals surface area contributed by atoms with Crippen molar-refractivity contribution in [3.05, 3.63) is 3.56 Å². The van der Waals surface area contributed by atoms with Crippen molar-refractivity contribution in [3.8, 4) is 0 Å². The molecule has 0 atom stereocenters. The summed E-state index contributed by atoms with van der Waals surface area (Å²) in [5, 5.41) is 0. The molecule has 0 fully saturated rings. The van der Waals surface area contributed by atoms with Crippen LogP contribution in [0.1, 0.15) is 6.92 Å². The van der Waals surface area contributed by atoms with E-state index in [2.05, 4.69) is 3.21 Å². The summed E-state index contributed by atoms with van der Waals surface area (Å²) in [7, 11) is 0. The molecule has 0 bridgehead atoms. The van der Waals surface area contributed by atoms with E-state index in [-0.39, 0.29) is 29.9 Å². The Hall–Kier alpha value is 1.01. The molecule has 41 valence electrons. The monoisotopic (exact) mass is 434 g/mol. The van der Waals surface area contributed by atoms with Crippen molar-refractivity contribution in [1.29, 1.82) is 0 Å². The van der Waals surface area contributed by atoms with Crippen LogP contribution in [-0.2, 0) is 0 Å². The third-order valence-electron chi connectivity index (χ3n) is 0.171. The minimum Gasteiger partial charge on any atom is -0.755 e. The molecule has 1 radical (unpaired) electrons. The van der Waals surface area contributed by atoms with Crippen LogP contribution in [0, 0.1) is 29.9 Å². The van der Waals surface area contributed by atoms with Gasteiger partial charge in [-0.15, -0.1) is 21.3 Å². The maximum absolute atomic E-state index is 8.08. The van der Waals surface area contributed by atoms with Crippen LogP contribution in [0.15, 0.2) is 3.21 Å². The molecule has 3 nitrogen and oxygen atoms in total. The quantitative estimate of drug-likeness (QED) is 0.373. The molecule has 0 aliphatic heterocycles. The molecule has 0 saturated carbocycles. The predicted molar refractivity (Wildman–Crippen MR) is 34.7 cm³/mol. The molecule has 2 N–H and O–H groups in total. The SMILES string of the molecule is CC(N)=NI=[N-].[Np]. The van der Waals surface area contributed by atoms with Crippen molar-refractivity contribution in [3.63, 3.8) is 0 Å². The van der Waals surface area contributed by atoms with Crippen molar-refractivity contribution in [2.24, 2.45) is 8.94 Å².